The Bertz CT molecular complexity index is 803. The number of ether oxygens (including phenoxy) is 3. The molecule has 0 fully saturated rings. The molecule has 7 nitrogen and oxygen atoms in total. The van der Waals surface area contributed by atoms with E-state index in [1.807, 2.05) is 13.8 Å². The van der Waals surface area contributed by atoms with E-state index in [4.69, 9.17) is 14.2 Å². The second-order valence-electron chi connectivity index (χ2n) is 5.66. The molecule has 138 valence electrons. The van der Waals surface area contributed by atoms with Gasteiger partial charge >= 0.3 is 0 Å². The van der Waals surface area contributed by atoms with Gasteiger partial charge in [-0.05, 0) is 55.8 Å². The van der Waals surface area contributed by atoms with Gasteiger partial charge in [0.25, 0.3) is 5.91 Å². The number of methoxy groups -OCH3 is 2. The zero-order valence-electron chi connectivity index (χ0n) is 15.1. The van der Waals surface area contributed by atoms with Gasteiger partial charge in [-0.3, -0.25) is 4.79 Å². The monoisotopic (exact) mass is 358 g/mol. The number of nitrogens with zero attached hydrogens (tertiary/aromatic N) is 1. The van der Waals surface area contributed by atoms with Crippen molar-refractivity contribution in [3.05, 3.63) is 47.5 Å². The van der Waals surface area contributed by atoms with Crippen molar-refractivity contribution in [2.24, 2.45) is 5.10 Å². The van der Waals surface area contributed by atoms with E-state index >= 15 is 0 Å². The highest BCUT2D eigenvalue weighted by molar-refractivity contribution is 5.95. The lowest BCUT2D eigenvalue weighted by molar-refractivity contribution is 0.0954. The Kier molecular flexibility index (Phi) is 6.43. The molecular weight excluding hydrogens is 336 g/mol. The SMILES string of the molecule is COc1ccc(/C=N\NC(=O)c2ccc(OC(C)C)c(OC)c2)cc1O. The van der Waals surface area contributed by atoms with Crippen LogP contribution in [0.4, 0.5) is 0 Å². The minimum absolute atomic E-state index is 0.00547. The Morgan fingerprint density at radius 3 is 2.38 bits per heavy atom. The molecule has 26 heavy (non-hydrogen) atoms. The van der Waals surface area contributed by atoms with Crippen molar-refractivity contribution < 1.29 is 24.1 Å². The summed E-state index contributed by atoms with van der Waals surface area (Å²) in [6, 6.07) is 9.69. The summed E-state index contributed by atoms with van der Waals surface area (Å²) < 4.78 is 15.9. The summed E-state index contributed by atoms with van der Waals surface area (Å²) in [5.74, 6) is 0.996. The van der Waals surface area contributed by atoms with Crippen molar-refractivity contribution in [3.63, 3.8) is 0 Å². The van der Waals surface area contributed by atoms with Gasteiger partial charge in [0.2, 0.25) is 0 Å². The number of aromatic hydroxyl groups is 1. The summed E-state index contributed by atoms with van der Waals surface area (Å²) in [7, 11) is 2.98. The number of carbonyl (C=O) groups excluding carboxylic acids is 1. The second kappa shape index (κ2) is 8.75. The van der Waals surface area contributed by atoms with Gasteiger partial charge in [0, 0.05) is 5.56 Å². The van der Waals surface area contributed by atoms with Gasteiger partial charge in [-0.15, -0.1) is 0 Å². The highest BCUT2D eigenvalue weighted by Crippen LogP contribution is 2.29. The van der Waals surface area contributed by atoms with Gasteiger partial charge in [0.15, 0.2) is 23.0 Å². The van der Waals surface area contributed by atoms with E-state index in [1.54, 1.807) is 30.3 Å². The number of carbonyl (C=O) groups is 1. The van der Waals surface area contributed by atoms with Crippen molar-refractivity contribution in [3.8, 4) is 23.0 Å². The predicted molar refractivity (Wildman–Crippen MR) is 98.5 cm³/mol. The fourth-order valence-electron chi connectivity index (χ4n) is 2.18. The molecule has 2 aromatic carbocycles. The summed E-state index contributed by atoms with van der Waals surface area (Å²) in [6.45, 7) is 3.82. The molecule has 0 aromatic heterocycles. The van der Waals surface area contributed by atoms with E-state index in [0.717, 1.165) is 0 Å². The highest BCUT2D eigenvalue weighted by atomic mass is 16.5. The Hall–Kier alpha value is -3.22. The Morgan fingerprint density at radius 1 is 1.08 bits per heavy atom. The third-order valence-corrected chi connectivity index (χ3v) is 3.37. The molecule has 2 rings (SSSR count). The molecule has 7 heteroatoms. The minimum Gasteiger partial charge on any atom is -0.504 e. The largest absolute Gasteiger partial charge is 0.504 e. The minimum atomic E-state index is -0.395. The van der Waals surface area contributed by atoms with Crippen molar-refractivity contribution in [1.29, 1.82) is 0 Å². The average Bonchev–Trinajstić information content (AvgIpc) is 2.61. The average molecular weight is 358 g/mol. The number of hydrogen-bond donors (Lipinski definition) is 2. The third kappa shape index (κ3) is 4.89. The number of hydrogen-bond acceptors (Lipinski definition) is 6. The van der Waals surface area contributed by atoms with E-state index in [1.165, 1.54) is 26.5 Å². The smallest absolute Gasteiger partial charge is 0.271 e. The highest BCUT2D eigenvalue weighted by Gasteiger charge is 2.11. The van der Waals surface area contributed by atoms with Crippen LogP contribution in [0.5, 0.6) is 23.0 Å². The summed E-state index contributed by atoms with van der Waals surface area (Å²) in [4.78, 5) is 12.2. The predicted octanol–water partition coefficient (Wildman–Crippen LogP) is 2.96. The van der Waals surface area contributed by atoms with E-state index in [0.29, 0.717) is 28.4 Å². The van der Waals surface area contributed by atoms with Gasteiger partial charge in [-0.1, -0.05) is 0 Å². The number of hydrazone groups is 1. The molecule has 0 radical (unpaired) electrons. The molecule has 0 aliphatic rings. The molecule has 0 saturated heterocycles. The van der Waals surface area contributed by atoms with Crippen LogP contribution < -0.4 is 19.6 Å². The maximum Gasteiger partial charge on any atom is 0.271 e. The van der Waals surface area contributed by atoms with Crippen LogP contribution in [0.1, 0.15) is 29.8 Å². The Morgan fingerprint density at radius 2 is 1.77 bits per heavy atom. The lowest BCUT2D eigenvalue weighted by Gasteiger charge is -2.14. The van der Waals surface area contributed by atoms with Crippen LogP contribution in [0.3, 0.4) is 0 Å². The summed E-state index contributed by atoms with van der Waals surface area (Å²) in [6.07, 6.45) is 1.42. The normalized spacial score (nSPS) is 10.8. The molecule has 2 N–H and O–H groups in total. The molecule has 0 heterocycles. The molecule has 0 bridgehead atoms. The number of benzene rings is 2. The molecule has 0 spiro atoms. The molecule has 2 aromatic rings. The first-order valence-corrected chi connectivity index (χ1v) is 7.99. The van der Waals surface area contributed by atoms with Crippen LogP contribution in [-0.2, 0) is 0 Å². The van der Waals surface area contributed by atoms with Gasteiger partial charge in [0.05, 0.1) is 26.5 Å². The van der Waals surface area contributed by atoms with Crippen LogP contribution in [-0.4, -0.2) is 37.6 Å². The molecule has 0 saturated carbocycles. The third-order valence-electron chi connectivity index (χ3n) is 3.37. The zero-order chi connectivity index (χ0) is 19.1. The second-order valence-corrected chi connectivity index (χ2v) is 5.66. The standard InChI is InChI=1S/C19H22N2O5/c1-12(2)26-17-8-6-14(10-18(17)25-4)19(23)21-20-11-13-5-7-16(24-3)15(22)9-13/h5-12,22H,1-4H3,(H,21,23)/b20-11-. The van der Waals surface area contributed by atoms with Crippen molar-refractivity contribution in [1.82, 2.24) is 5.43 Å². The lowest BCUT2D eigenvalue weighted by atomic mass is 10.2. The zero-order valence-corrected chi connectivity index (χ0v) is 15.1. The van der Waals surface area contributed by atoms with Gasteiger partial charge in [-0.25, -0.2) is 5.43 Å². The van der Waals surface area contributed by atoms with E-state index < -0.39 is 5.91 Å². The molecular formula is C19H22N2O5. The molecule has 0 aliphatic heterocycles. The number of amides is 1. The van der Waals surface area contributed by atoms with Gasteiger partial charge in [0.1, 0.15) is 0 Å². The van der Waals surface area contributed by atoms with Crippen LogP contribution in [0.25, 0.3) is 0 Å². The molecule has 0 unspecified atom stereocenters. The van der Waals surface area contributed by atoms with Gasteiger partial charge in [-0.2, -0.15) is 5.10 Å². The fraction of sp³-hybridized carbons (Fsp3) is 0.263. The molecule has 0 aliphatic carbocycles. The summed E-state index contributed by atoms with van der Waals surface area (Å²) in [5.41, 5.74) is 3.42. The van der Waals surface area contributed by atoms with E-state index in [-0.39, 0.29) is 11.9 Å². The van der Waals surface area contributed by atoms with Crippen LogP contribution in [0.15, 0.2) is 41.5 Å². The van der Waals surface area contributed by atoms with Crippen molar-refractivity contribution >= 4 is 12.1 Å². The van der Waals surface area contributed by atoms with Gasteiger partial charge < -0.3 is 19.3 Å². The van der Waals surface area contributed by atoms with Crippen molar-refractivity contribution in [2.75, 3.05) is 14.2 Å². The van der Waals surface area contributed by atoms with E-state index in [2.05, 4.69) is 10.5 Å². The van der Waals surface area contributed by atoms with Crippen LogP contribution in [0.2, 0.25) is 0 Å². The number of phenolic OH excluding ortho intramolecular Hbond substituents is 1. The Balaban J connectivity index is 2.06. The lowest BCUT2D eigenvalue weighted by Crippen LogP contribution is -2.18. The first-order chi connectivity index (χ1) is 12.4. The quantitative estimate of drug-likeness (QED) is 0.587. The number of rotatable bonds is 7. The fourth-order valence-corrected chi connectivity index (χ4v) is 2.18. The van der Waals surface area contributed by atoms with Crippen LogP contribution in [0, 0.1) is 0 Å². The van der Waals surface area contributed by atoms with Crippen molar-refractivity contribution in [2.45, 2.75) is 20.0 Å². The first kappa shape index (κ1) is 19.1. The maximum absolute atomic E-state index is 12.2. The maximum atomic E-state index is 12.2. The first-order valence-electron chi connectivity index (χ1n) is 7.99. The van der Waals surface area contributed by atoms with E-state index in [9.17, 15) is 9.90 Å². The summed E-state index contributed by atoms with van der Waals surface area (Å²) in [5, 5.41) is 13.6. The Labute approximate surface area is 152 Å². The topological polar surface area (TPSA) is 89.4 Å². The summed E-state index contributed by atoms with van der Waals surface area (Å²) >= 11 is 0. The van der Waals surface area contributed by atoms with Crippen LogP contribution >= 0.6 is 0 Å². The molecule has 1 amide bonds. The molecule has 0 atom stereocenters. The number of nitrogens with one attached hydrogen (secondary N) is 1. The number of phenols is 1.